The van der Waals surface area contributed by atoms with Gasteiger partial charge in [0.05, 0.1) is 23.7 Å². The van der Waals surface area contributed by atoms with Gasteiger partial charge in [0.15, 0.2) is 5.65 Å². The third-order valence-corrected chi connectivity index (χ3v) is 3.09. The summed E-state index contributed by atoms with van der Waals surface area (Å²) in [6.07, 6.45) is 3.87. The van der Waals surface area contributed by atoms with Crippen molar-refractivity contribution in [1.29, 1.82) is 0 Å². The number of carbonyl (C=O) groups excluding carboxylic acids is 1. The van der Waals surface area contributed by atoms with Gasteiger partial charge in [-0.3, -0.25) is 4.79 Å². The molecular formula is C10H8Br2N2O2. The van der Waals surface area contributed by atoms with Crippen LogP contribution in [0, 0.1) is 0 Å². The summed E-state index contributed by atoms with van der Waals surface area (Å²) in [6, 6.07) is 1.91. The van der Waals surface area contributed by atoms with Crippen LogP contribution in [0.2, 0.25) is 0 Å². The van der Waals surface area contributed by atoms with E-state index in [4.69, 9.17) is 0 Å². The average molecular weight is 348 g/mol. The molecule has 0 radical (unpaired) electrons. The first-order valence-corrected chi connectivity index (χ1v) is 6.08. The van der Waals surface area contributed by atoms with E-state index >= 15 is 0 Å². The lowest BCUT2D eigenvalue weighted by molar-refractivity contribution is -0.139. The van der Waals surface area contributed by atoms with Crippen LogP contribution in [-0.2, 0) is 16.0 Å². The van der Waals surface area contributed by atoms with Gasteiger partial charge < -0.3 is 9.14 Å². The molecule has 0 aliphatic rings. The minimum absolute atomic E-state index is 0.183. The highest BCUT2D eigenvalue weighted by Crippen LogP contribution is 2.22. The third kappa shape index (κ3) is 2.27. The number of hydrogen-bond acceptors (Lipinski definition) is 3. The van der Waals surface area contributed by atoms with E-state index in [1.165, 1.54) is 7.11 Å². The van der Waals surface area contributed by atoms with Crippen LogP contribution in [0.5, 0.6) is 0 Å². The van der Waals surface area contributed by atoms with E-state index in [-0.39, 0.29) is 12.4 Å². The Morgan fingerprint density at radius 2 is 2.25 bits per heavy atom. The van der Waals surface area contributed by atoms with Gasteiger partial charge in [0.1, 0.15) is 0 Å². The summed E-state index contributed by atoms with van der Waals surface area (Å²) in [5.41, 5.74) is 1.47. The Bertz CT molecular complexity index is 551. The number of imidazole rings is 1. The normalized spacial score (nSPS) is 10.7. The van der Waals surface area contributed by atoms with Crippen LogP contribution in [0.25, 0.3) is 5.65 Å². The maximum atomic E-state index is 11.1. The molecule has 0 N–H and O–H groups in total. The number of ether oxygens (including phenoxy) is 1. The molecule has 0 aromatic carbocycles. The molecule has 0 unspecified atom stereocenters. The number of aromatic nitrogens is 2. The summed E-state index contributed by atoms with van der Waals surface area (Å²) in [4.78, 5) is 15.5. The molecular weight excluding hydrogens is 340 g/mol. The molecule has 2 aromatic rings. The first kappa shape index (κ1) is 11.6. The maximum Gasteiger partial charge on any atom is 0.311 e. The van der Waals surface area contributed by atoms with Crippen LogP contribution in [-0.4, -0.2) is 22.5 Å². The van der Waals surface area contributed by atoms with Crippen molar-refractivity contribution in [3.05, 3.63) is 33.1 Å². The van der Waals surface area contributed by atoms with Crippen LogP contribution >= 0.6 is 31.9 Å². The fourth-order valence-corrected chi connectivity index (χ4v) is 2.68. The van der Waals surface area contributed by atoms with Gasteiger partial charge in [-0.05, 0) is 37.9 Å². The summed E-state index contributed by atoms with van der Waals surface area (Å²) in [6.45, 7) is 0. The Balaban J connectivity index is 2.44. The number of fused-ring (bicyclic) bond motifs is 1. The molecule has 4 nitrogen and oxygen atoms in total. The Labute approximate surface area is 109 Å². The predicted octanol–water partition coefficient (Wildman–Crippen LogP) is 2.57. The highest BCUT2D eigenvalue weighted by molar-refractivity contribution is 9.11. The second-order valence-electron chi connectivity index (χ2n) is 3.22. The topological polar surface area (TPSA) is 43.6 Å². The van der Waals surface area contributed by atoms with Crippen molar-refractivity contribution in [2.75, 3.05) is 7.11 Å². The number of hydrogen-bond donors (Lipinski definition) is 0. The lowest BCUT2D eigenvalue weighted by Crippen LogP contribution is -2.04. The van der Waals surface area contributed by atoms with Gasteiger partial charge in [0.25, 0.3) is 0 Å². The maximum absolute atomic E-state index is 11.1. The lowest BCUT2D eigenvalue weighted by Gasteiger charge is -1.96. The number of methoxy groups -OCH3 is 1. The highest BCUT2D eigenvalue weighted by atomic mass is 79.9. The third-order valence-electron chi connectivity index (χ3n) is 2.08. The van der Waals surface area contributed by atoms with Gasteiger partial charge in [-0.1, -0.05) is 0 Å². The standard InChI is InChI=1S/C10H8Br2N2O2/c1-16-9(15)3-7-5-14-4-6(11)2-8(12)10(14)13-7/h2,4-5H,3H2,1H3. The molecule has 2 heterocycles. The summed E-state index contributed by atoms with van der Waals surface area (Å²) in [7, 11) is 1.37. The molecule has 2 rings (SSSR count). The van der Waals surface area contributed by atoms with E-state index in [0.717, 1.165) is 14.6 Å². The number of esters is 1. The van der Waals surface area contributed by atoms with Crippen molar-refractivity contribution in [3.8, 4) is 0 Å². The van der Waals surface area contributed by atoms with E-state index in [1.807, 2.05) is 22.9 Å². The molecule has 0 bridgehead atoms. The second-order valence-corrected chi connectivity index (χ2v) is 4.99. The second kappa shape index (κ2) is 4.55. The number of rotatable bonds is 2. The quantitative estimate of drug-likeness (QED) is 0.784. The van der Waals surface area contributed by atoms with Gasteiger partial charge in [-0.15, -0.1) is 0 Å². The number of nitrogens with zero attached hydrogens (tertiary/aromatic N) is 2. The summed E-state index contributed by atoms with van der Waals surface area (Å²) in [5.74, 6) is -0.293. The van der Waals surface area contributed by atoms with Gasteiger partial charge in [-0.2, -0.15) is 0 Å². The summed E-state index contributed by atoms with van der Waals surface area (Å²) in [5, 5.41) is 0. The molecule has 0 atom stereocenters. The Kier molecular flexibility index (Phi) is 3.30. The largest absolute Gasteiger partial charge is 0.469 e. The molecule has 0 amide bonds. The minimum atomic E-state index is -0.293. The number of carbonyl (C=O) groups is 1. The van der Waals surface area contributed by atoms with Gasteiger partial charge in [0, 0.05) is 16.9 Å². The summed E-state index contributed by atoms with van der Waals surface area (Å²) < 4.78 is 8.26. The number of halogens is 2. The minimum Gasteiger partial charge on any atom is -0.469 e. The van der Waals surface area contributed by atoms with E-state index in [9.17, 15) is 4.79 Å². The summed E-state index contributed by atoms with van der Waals surface area (Å²) >= 11 is 6.80. The predicted molar refractivity (Wildman–Crippen MR) is 66.3 cm³/mol. The molecule has 0 saturated carbocycles. The van der Waals surface area contributed by atoms with E-state index < -0.39 is 0 Å². The van der Waals surface area contributed by atoms with Crippen LogP contribution in [0.4, 0.5) is 0 Å². The lowest BCUT2D eigenvalue weighted by atomic mass is 10.3. The van der Waals surface area contributed by atoms with Gasteiger partial charge >= 0.3 is 5.97 Å². The Morgan fingerprint density at radius 1 is 1.50 bits per heavy atom. The van der Waals surface area contributed by atoms with Crippen LogP contribution in [0.1, 0.15) is 5.69 Å². The van der Waals surface area contributed by atoms with Crippen molar-refractivity contribution in [1.82, 2.24) is 9.38 Å². The van der Waals surface area contributed by atoms with Gasteiger partial charge in [-0.25, -0.2) is 4.98 Å². The smallest absolute Gasteiger partial charge is 0.311 e. The van der Waals surface area contributed by atoms with Crippen LogP contribution in [0.15, 0.2) is 27.4 Å². The Morgan fingerprint density at radius 3 is 2.94 bits per heavy atom. The first-order chi connectivity index (χ1) is 7.60. The van der Waals surface area contributed by atoms with Crippen molar-refractivity contribution in [2.24, 2.45) is 0 Å². The monoisotopic (exact) mass is 346 g/mol. The van der Waals surface area contributed by atoms with Gasteiger partial charge in [0.2, 0.25) is 0 Å². The molecule has 0 saturated heterocycles. The fourth-order valence-electron chi connectivity index (χ4n) is 1.38. The fraction of sp³-hybridized carbons (Fsp3) is 0.200. The number of pyridine rings is 1. The van der Waals surface area contributed by atoms with E-state index in [0.29, 0.717) is 5.69 Å². The van der Waals surface area contributed by atoms with Crippen molar-refractivity contribution in [3.63, 3.8) is 0 Å². The molecule has 0 spiro atoms. The molecule has 16 heavy (non-hydrogen) atoms. The molecule has 2 aromatic heterocycles. The first-order valence-electron chi connectivity index (χ1n) is 4.49. The van der Waals surface area contributed by atoms with Crippen molar-refractivity contribution in [2.45, 2.75) is 6.42 Å². The van der Waals surface area contributed by atoms with E-state index in [1.54, 1.807) is 0 Å². The SMILES string of the molecule is COC(=O)Cc1cn2cc(Br)cc(Br)c2n1. The van der Waals surface area contributed by atoms with Crippen LogP contribution < -0.4 is 0 Å². The van der Waals surface area contributed by atoms with Crippen molar-refractivity contribution >= 4 is 43.5 Å². The molecule has 0 fully saturated rings. The average Bonchev–Trinajstić information content (AvgIpc) is 2.60. The zero-order valence-corrected chi connectivity index (χ0v) is 11.6. The molecule has 0 aliphatic carbocycles. The molecule has 84 valence electrons. The zero-order chi connectivity index (χ0) is 11.7. The van der Waals surface area contributed by atoms with E-state index in [2.05, 4.69) is 41.6 Å². The van der Waals surface area contributed by atoms with Crippen LogP contribution in [0.3, 0.4) is 0 Å². The molecule has 0 aliphatic heterocycles. The highest BCUT2D eigenvalue weighted by Gasteiger charge is 2.09. The molecule has 6 heteroatoms. The Hall–Kier alpha value is -0.880. The van der Waals surface area contributed by atoms with Crippen molar-refractivity contribution < 1.29 is 9.53 Å². The zero-order valence-electron chi connectivity index (χ0n) is 8.41.